The maximum Gasteiger partial charge on any atom is 0.257 e. The van der Waals surface area contributed by atoms with Crippen LogP contribution in [0, 0.1) is 12.7 Å². The van der Waals surface area contributed by atoms with Crippen LogP contribution in [0.1, 0.15) is 28.8 Å². The molecule has 1 atom stereocenters. The molecule has 1 N–H and O–H groups in total. The van der Waals surface area contributed by atoms with Crippen LogP contribution in [-0.2, 0) is 0 Å². The molecule has 0 spiro atoms. The summed E-state index contributed by atoms with van der Waals surface area (Å²) < 4.78 is 14.0. The van der Waals surface area contributed by atoms with Crippen molar-refractivity contribution in [3.8, 4) is 0 Å². The van der Waals surface area contributed by atoms with Gasteiger partial charge in [0.25, 0.3) is 5.91 Å². The van der Waals surface area contributed by atoms with Crippen LogP contribution in [0.15, 0.2) is 18.2 Å². The summed E-state index contributed by atoms with van der Waals surface area (Å²) in [6, 6.07) is 5.16. The third kappa shape index (κ3) is 3.25. The third-order valence-electron chi connectivity index (χ3n) is 3.50. The molecule has 106 valence electrons. The lowest BCUT2D eigenvalue weighted by atomic mass is 10.1. The second-order valence-corrected chi connectivity index (χ2v) is 4.79. The van der Waals surface area contributed by atoms with Gasteiger partial charge in [-0.1, -0.05) is 12.1 Å². The number of aryl methyl sites for hydroxylation is 1. The van der Waals surface area contributed by atoms with Gasteiger partial charge in [-0.3, -0.25) is 4.79 Å². The van der Waals surface area contributed by atoms with Crippen LogP contribution in [0.4, 0.5) is 4.39 Å². The predicted molar refractivity (Wildman–Crippen MR) is 76.4 cm³/mol. The highest BCUT2D eigenvalue weighted by Crippen LogP contribution is 2.21. The number of nitrogens with zero attached hydrogens (tertiary/aromatic N) is 1. The van der Waals surface area contributed by atoms with E-state index in [1.165, 1.54) is 0 Å². The van der Waals surface area contributed by atoms with Crippen molar-refractivity contribution in [2.24, 2.45) is 0 Å². The monoisotopic (exact) mass is 286 g/mol. The molecule has 5 heteroatoms. The van der Waals surface area contributed by atoms with Gasteiger partial charge in [0.15, 0.2) is 0 Å². The Kier molecular flexibility index (Phi) is 5.76. The summed E-state index contributed by atoms with van der Waals surface area (Å²) >= 11 is 0. The zero-order valence-corrected chi connectivity index (χ0v) is 12.1. The van der Waals surface area contributed by atoms with E-state index in [1.807, 2.05) is 7.05 Å². The predicted octanol–water partition coefficient (Wildman–Crippen LogP) is 2.38. The molecule has 1 amide bonds. The largest absolute Gasteiger partial charge is 0.334 e. The van der Waals surface area contributed by atoms with Crippen LogP contribution in [0.2, 0.25) is 0 Å². The minimum absolute atomic E-state index is 0. The lowest BCUT2D eigenvalue weighted by Crippen LogP contribution is -2.41. The normalized spacial score (nSPS) is 18.3. The van der Waals surface area contributed by atoms with Gasteiger partial charge >= 0.3 is 0 Å². The molecule has 1 aromatic rings. The second kappa shape index (κ2) is 6.87. The Balaban J connectivity index is 0.00000180. The molecule has 0 saturated carbocycles. The maximum atomic E-state index is 14.0. The van der Waals surface area contributed by atoms with E-state index in [0.29, 0.717) is 5.56 Å². The summed E-state index contributed by atoms with van der Waals surface area (Å²) in [6.45, 7) is 3.17. The van der Waals surface area contributed by atoms with Crippen LogP contribution in [0.5, 0.6) is 0 Å². The summed E-state index contributed by atoms with van der Waals surface area (Å²) in [5.41, 5.74) is 0.711. The van der Waals surface area contributed by atoms with Gasteiger partial charge in [0.05, 0.1) is 5.56 Å². The van der Waals surface area contributed by atoms with Crippen LogP contribution in [-0.4, -0.2) is 37.0 Å². The number of benzene rings is 1. The molecule has 0 bridgehead atoms. The van der Waals surface area contributed by atoms with Crippen LogP contribution in [0.25, 0.3) is 0 Å². The number of rotatable bonds is 3. The van der Waals surface area contributed by atoms with Gasteiger partial charge in [-0.05, 0) is 38.4 Å². The SMILES string of the molecule is CNCC1CCCN1C(=O)c1cccc(C)c1F.Cl. The molecule has 19 heavy (non-hydrogen) atoms. The van der Waals surface area contributed by atoms with E-state index < -0.39 is 5.82 Å². The molecule has 1 unspecified atom stereocenters. The van der Waals surface area contributed by atoms with Crippen LogP contribution >= 0.6 is 12.4 Å². The highest BCUT2D eigenvalue weighted by molar-refractivity contribution is 5.95. The van der Waals surface area contributed by atoms with Gasteiger partial charge in [0.1, 0.15) is 5.82 Å². The lowest BCUT2D eigenvalue weighted by Gasteiger charge is -2.25. The summed E-state index contributed by atoms with van der Waals surface area (Å²) in [4.78, 5) is 14.1. The number of carbonyl (C=O) groups excluding carboxylic acids is 1. The van der Waals surface area contributed by atoms with E-state index >= 15 is 0 Å². The molecule has 0 radical (unpaired) electrons. The summed E-state index contributed by atoms with van der Waals surface area (Å²) in [5.74, 6) is -0.577. The van der Waals surface area contributed by atoms with Crippen molar-refractivity contribution in [1.29, 1.82) is 0 Å². The number of likely N-dealkylation sites (tertiary alicyclic amines) is 1. The topological polar surface area (TPSA) is 32.3 Å². The standard InChI is InChI=1S/C14H19FN2O.ClH/c1-10-5-3-7-12(13(10)15)14(18)17-8-4-6-11(17)9-16-2;/h3,5,7,11,16H,4,6,8-9H2,1-2H3;1H. The highest BCUT2D eigenvalue weighted by Gasteiger charge is 2.30. The molecule has 1 fully saturated rings. The molecule has 0 aliphatic carbocycles. The van der Waals surface area contributed by atoms with Crippen molar-refractivity contribution in [3.05, 3.63) is 35.1 Å². The molecular weight excluding hydrogens is 267 g/mol. The van der Waals surface area contributed by atoms with Gasteiger partial charge in [0.2, 0.25) is 0 Å². The minimum atomic E-state index is -0.391. The fourth-order valence-corrected chi connectivity index (χ4v) is 2.52. The molecule has 1 aromatic carbocycles. The summed E-state index contributed by atoms with van der Waals surface area (Å²) in [7, 11) is 1.87. The van der Waals surface area contributed by atoms with Crippen LogP contribution in [0.3, 0.4) is 0 Å². The first kappa shape index (κ1) is 15.9. The van der Waals surface area contributed by atoms with Gasteiger partial charge in [-0.25, -0.2) is 4.39 Å². The molecular formula is C14H20ClFN2O. The van der Waals surface area contributed by atoms with Gasteiger partial charge in [0, 0.05) is 19.1 Å². The number of carbonyl (C=O) groups is 1. The first-order chi connectivity index (χ1) is 8.65. The van der Waals surface area contributed by atoms with Crippen molar-refractivity contribution in [1.82, 2.24) is 10.2 Å². The number of hydrogen-bond donors (Lipinski definition) is 1. The molecule has 1 aliphatic rings. The van der Waals surface area contributed by atoms with Gasteiger partial charge in [-0.15, -0.1) is 12.4 Å². The average molecular weight is 287 g/mol. The molecule has 1 aliphatic heterocycles. The van der Waals surface area contributed by atoms with E-state index in [9.17, 15) is 9.18 Å². The summed E-state index contributed by atoms with van der Waals surface area (Å²) in [6.07, 6.45) is 1.98. The van der Waals surface area contributed by atoms with Crippen molar-refractivity contribution in [2.45, 2.75) is 25.8 Å². The molecule has 2 rings (SSSR count). The molecule has 3 nitrogen and oxygen atoms in total. The first-order valence-corrected chi connectivity index (χ1v) is 6.36. The molecule has 1 saturated heterocycles. The van der Waals surface area contributed by atoms with Gasteiger partial charge < -0.3 is 10.2 Å². The van der Waals surface area contributed by atoms with Crippen molar-refractivity contribution < 1.29 is 9.18 Å². The van der Waals surface area contributed by atoms with Crippen molar-refractivity contribution in [2.75, 3.05) is 20.1 Å². The zero-order valence-electron chi connectivity index (χ0n) is 11.3. The fourth-order valence-electron chi connectivity index (χ4n) is 2.52. The Morgan fingerprint density at radius 1 is 1.53 bits per heavy atom. The van der Waals surface area contributed by atoms with Gasteiger partial charge in [-0.2, -0.15) is 0 Å². The van der Waals surface area contributed by atoms with E-state index in [-0.39, 0.29) is 29.9 Å². The van der Waals surface area contributed by atoms with E-state index in [1.54, 1.807) is 30.0 Å². The number of hydrogen-bond acceptors (Lipinski definition) is 2. The van der Waals surface area contributed by atoms with E-state index in [2.05, 4.69) is 5.32 Å². The number of halogens is 2. The minimum Gasteiger partial charge on any atom is -0.334 e. The van der Waals surface area contributed by atoms with Crippen molar-refractivity contribution in [3.63, 3.8) is 0 Å². The number of nitrogens with one attached hydrogen (secondary N) is 1. The number of likely N-dealkylation sites (N-methyl/N-ethyl adjacent to an activating group) is 1. The Hall–Kier alpha value is -1.13. The lowest BCUT2D eigenvalue weighted by molar-refractivity contribution is 0.0732. The summed E-state index contributed by atoms with van der Waals surface area (Å²) in [5, 5.41) is 3.08. The smallest absolute Gasteiger partial charge is 0.257 e. The molecule has 1 heterocycles. The quantitative estimate of drug-likeness (QED) is 0.925. The maximum absolute atomic E-state index is 14.0. The Labute approximate surface area is 119 Å². The third-order valence-corrected chi connectivity index (χ3v) is 3.50. The molecule has 0 aromatic heterocycles. The number of amides is 1. The van der Waals surface area contributed by atoms with E-state index in [0.717, 1.165) is 25.9 Å². The Morgan fingerprint density at radius 2 is 2.26 bits per heavy atom. The van der Waals surface area contributed by atoms with Crippen molar-refractivity contribution >= 4 is 18.3 Å². The zero-order chi connectivity index (χ0) is 13.1. The second-order valence-electron chi connectivity index (χ2n) is 4.79. The van der Waals surface area contributed by atoms with Crippen LogP contribution < -0.4 is 5.32 Å². The Morgan fingerprint density at radius 3 is 2.95 bits per heavy atom. The highest BCUT2D eigenvalue weighted by atomic mass is 35.5. The first-order valence-electron chi connectivity index (χ1n) is 6.36. The average Bonchev–Trinajstić information content (AvgIpc) is 2.80. The fraction of sp³-hybridized carbons (Fsp3) is 0.500. The van der Waals surface area contributed by atoms with E-state index in [4.69, 9.17) is 0 Å². The Bertz CT molecular complexity index is 453.